The molecule has 2 aliphatic heterocycles. The highest BCUT2D eigenvalue weighted by atomic mass is 16.5. The summed E-state index contributed by atoms with van der Waals surface area (Å²) in [6.45, 7) is 5.33. The van der Waals surface area contributed by atoms with Crippen molar-refractivity contribution < 1.29 is 42.9 Å². The molecule has 0 radical (unpaired) electrons. The Kier molecular flexibility index (Phi) is 9.68. The summed E-state index contributed by atoms with van der Waals surface area (Å²) in [7, 11) is 2.09. The van der Waals surface area contributed by atoms with Crippen molar-refractivity contribution in [1.82, 2.24) is 24.8 Å². The SMILES string of the molecule is C[C@@H]1C2(COCCOCCOc3ccc4c(c3)C(=O)N(C3CCC(=O)NC3=O)C4=O)CC1(COC1CC(Oc3ccc(-c4ccc5c6cnccc6n(C)c5c4)cn3)C1)C2. The largest absolute Gasteiger partial charge is 0.491 e. The summed E-state index contributed by atoms with van der Waals surface area (Å²) >= 11 is 0. The third kappa shape index (κ3) is 6.61. The Morgan fingerprint density at radius 1 is 0.783 bits per heavy atom. The van der Waals surface area contributed by atoms with Gasteiger partial charge in [-0.3, -0.25) is 34.4 Å². The number of rotatable bonds is 16. The highest BCUT2D eigenvalue weighted by molar-refractivity contribution is 6.23. The highest BCUT2D eigenvalue weighted by Gasteiger charge is 2.73. The Labute approximate surface area is 346 Å². The Morgan fingerprint density at radius 3 is 2.37 bits per heavy atom. The van der Waals surface area contributed by atoms with Crippen LogP contribution < -0.4 is 14.8 Å². The van der Waals surface area contributed by atoms with Gasteiger partial charge in [-0.2, -0.15) is 0 Å². The van der Waals surface area contributed by atoms with Crippen LogP contribution in [0.1, 0.15) is 66.2 Å². The quantitative estimate of drug-likeness (QED) is 0.0970. The van der Waals surface area contributed by atoms with Crippen LogP contribution in [0.5, 0.6) is 11.6 Å². The van der Waals surface area contributed by atoms with E-state index in [1.807, 2.05) is 30.7 Å². The number of hydrogen-bond donors (Lipinski definition) is 1. The average molecular weight is 814 g/mol. The highest BCUT2D eigenvalue weighted by Crippen LogP contribution is 2.77. The second-order valence-corrected chi connectivity index (χ2v) is 17.2. The maximum Gasteiger partial charge on any atom is 0.262 e. The second-order valence-electron chi connectivity index (χ2n) is 17.2. The van der Waals surface area contributed by atoms with Gasteiger partial charge in [-0.1, -0.05) is 19.1 Å². The van der Waals surface area contributed by atoms with Crippen molar-refractivity contribution in [1.29, 1.82) is 0 Å². The zero-order chi connectivity index (χ0) is 41.2. The van der Waals surface area contributed by atoms with Crippen molar-refractivity contribution in [2.24, 2.45) is 23.8 Å². The first-order valence-corrected chi connectivity index (χ1v) is 20.8. The van der Waals surface area contributed by atoms with Gasteiger partial charge in [-0.25, -0.2) is 4.98 Å². The summed E-state index contributed by atoms with van der Waals surface area (Å²) in [5.74, 6) is -0.552. The number of hydrogen-bond acceptors (Lipinski definition) is 11. The lowest BCUT2D eigenvalue weighted by atomic mass is 9.30. The Balaban J connectivity index is 0.596. The molecule has 2 atom stereocenters. The Hall–Kier alpha value is -5.70. The summed E-state index contributed by atoms with van der Waals surface area (Å²) in [5, 5.41) is 4.55. The van der Waals surface area contributed by atoms with Gasteiger partial charge in [-0.05, 0) is 78.0 Å². The van der Waals surface area contributed by atoms with Crippen LogP contribution in [0.4, 0.5) is 0 Å². The molecule has 60 heavy (non-hydrogen) atoms. The topological polar surface area (TPSA) is 160 Å². The summed E-state index contributed by atoms with van der Waals surface area (Å²) in [5.41, 5.74) is 5.36. The number of carbonyl (C=O) groups excluding carboxylic acids is 4. The number of benzene rings is 2. The van der Waals surface area contributed by atoms with Crippen molar-refractivity contribution in [2.75, 3.05) is 39.6 Å². The van der Waals surface area contributed by atoms with Crippen LogP contribution in [-0.2, 0) is 30.8 Å². The molecule has 6 aliphatic rings. The van der Waals surface area contributed by atoms with Crippen LogP contribution in [0.15, 0.2) is 73.2 Å². The van der Waals surface area contributed by atoms with Crippen molar-refractivity contribution in [2.45, 2.75) is 63.7 Å². The van der Waals surface area contributed by atoms with E-state index in [9.17, 15) is 19.2 Å². The third-order valence-electron chi connectivity index (χ3n) is 13.7. The number of aryl methyl sites for hydroxylation is 1. The van der Waals surface area contributed by atoms with Crippen LogP contribution in [0, 0.1) is 16.7 Å². The maximum absolute atomic E-state index is 13.0. The molecule has 11 rings (SSSR count). The van der Waals surface area contributed by atoms with Crippen LogP contribution in [-0.4, -0.2) is 101 Å². The molecular formula is C46H47N5O9. The van der Waals surface area contributed by atoms with Crippen molar-refractivity contribution in [3.8, 4) is 22.8 Å². The molecule has 4 saturated carbocycles. The molecule has 14 nitrogen and oxygen atoms in total. The molecule has 2 bridgehead atoms. The molecule has 14 heteroatoms. The van der Waals surface area contributed by atoms with Crippen molar-refractivity contribution >= 4 is 45.4 Å². The molecule has 2 aromatic carbocycles. The van der Waals surface area contributed by atoms with E-state index in [1.54, 1.807) is 6.07 Å². The fourth-order valence-corrected chi connectivity index (χ4v) is 10.1. The molecule has 1 unspecified atom stereocenters. The molecule has 5 fully saturated rings. The number of carbonyl (C=O) groups is 4. The minimum atomic E-state index is -1.01. The Morgan fingerprint density at radius 2 is 1.57 bits per heavy atom. The predicted octanol–water partition coefficient (Wildman–Crippen LogP) is 5.64. The summed E-state index contributed by atoms with van der Waals surface area (Å²) in [6, 6.07) is 16.2. The van der Waals surface area contributed by atoms with E-state index in [4.69, 9.17) is 23.7 Å². The van der Waals surface area contributed by atoms with Crippen LogP contribution in [0.3, 0.4) is 0 Å². The van der Waals surface area contributed by atoms with E-state index >= 15 is 0 Å². The van der Waals surface area contributed by atoms with E-state index in [1.165, 1.54) is 17.5 Å². The molecule has 310 valence electrons. The second kappa shape index (κ2) is 15.1. The van der Waals surface area contributed by atoms with E-state index in [2.05, 4.69) is 58.1 Å². The zero-order valence-corrected chi connectivity index (χ0v) is 33.7. The molecule has 5 heterocycles. The van der Waals surface area contributed by atoms with E-state index in [0.29, 0.717) is 44.0 Å². The fourth-order valence-electron chi connectivity index (χ4n) is 10.1. The monoisotopic (exact) mass is 813 g/mol. The van der Waals surface area contributed by atoms with Crippen LogP contribution in [0.2, 0.25) is 0 Å². The molecule has 5 aromatic rings. The zero-order valence-electron chi connectivity index (χ0n) is 33.7. The van der Waals surface area contributed by atoms with Crippen LogP contribution >= 0.6 is 0 Å². The minimum Gasteiger partial charge on any atom is -0.491 e. The van der Waals surface area contributed by atoms with Crippen molar-refractivity contribution in [3.05, 3.63) is 84.3 Å². The first-order valence-electron chi connectivity index (χ1n) is 20.8. The first kappa shape index (κ1) is 38.5. The van der Waals surface area contributed by atoms with Gasteiger partial charge in [0.2, 0.25) is 17.7 Å². The molecule has 4 aliphatic carbocycles. The number of nitrogens with zero attached hydrogens (tertiary/aromatic N) is 4. The Bertz CT molecular complexity index is 2520. The maximum atomic E-state index is 13.0. The van der Waals surface area contributed by atoms with Gasteiger partial charge in [0.05, 0.1) is 55.8 Å². The van der Waals surface area contributed by atoms with Gasteiger partial charge in [0.1, 0.15) is 24.5 Å². The molecule has 4 amide bonds. The van der Waals surface area contributed by atoms with Gasteiger partial charge < -0.3 is 28.3 Å². The van der Waals surface area contributed by atoms with Gasteiger partial charge in [0, 0.05) is 72.8 Å². The lowest BCUT2D eigenvalue weighted by Crippen LogP contribution is -2.72. The average Bonchev–Trinajstić information content (AvgIpc) is 3.65. The fraction of sp³-hybridized carbons (Fsp3) is 0.435. The molecular weight excluding hydrogens is 767 g/mol. The number of nitrogens with one attached hydrogen (secondary N) is 1. The van der Waals surface area contributed by atoms with Gasteiger partial charge in [0.25, 0.3) is 11.8 Å². The molecule has 1 N–H and O–H groups in total. The summed E-state index contributed by atoms with van der Waals surface area (Å²) in [6.07, 6.45) is 10.2. The van der Waals surface area contributed by atoms with Gasteiger partial charge in [-0.15, -0.1) is 0 Å². The number of aromatic nitrogens is 3. The normalized spacial score (nSPS) is 26.7. The molecule has 1 saturated heterocycles. The standard InChI is InChI=1S/C46H47N5O9/c1-27-45(25-57-14-13-56-15-16-58-30-5-7-34-35(20-30)44(55)51(43(34)54)38-8-9-40(52)49-42(38)53)23-46(27,24-45)26-59-31-18-32(19-31)60-41-10-4-29(21-48-41)28-3-6-33-36-22-47-12-11-37(36)50(2)39(33)17-28/h3-7,10-12,17,20-22,27,31-32,38H,8-9,13-16,18-19,23-26H2,1-2H3,(H,49,52,53)/t27-,31?,32?,38?,45?,46?/m1/s1. The number of fused-ring (bicyclic) bond motifs is 4. The first-order chi connectivity index (χ1) is 29.1. The lowest BCUT2D eigenvalue weighted by molar-refractivity contribution is -0.314. The number of amides is 4. The van der Waals surface area contributed by atoms with E-state index in [-0.39, 0.29) is 53.6 Å². The smallest absolute Gasteiger partial charge is 0.262 e. The minimum absolute atomic E-state index is 0.0701. The third-order valence-corrected chi connectivity index (χ3v) is 13.7. The van der Waals surface area contributed by atoms with Gasteiger partial charge >= 0.3 is 0 Å². The molecule has 0 spiro atoms. The number of piperidine rings is 1. The van der Waals surface area contributed by atoms with Crippen LogP contribution in [0.25, 0.3) is 32.9 Å². The predicted molar refractivity (Wildman–Crippen MR) is 218 cm³/mol. The van der Waals surface area contributed by atoms with Gasteiger partial charge in [0.15, 0.2) is 0 Å². The van der Waals surface area contributed by atoms with Crippen molar-refractivity contribution in [3.63, 3.8) is 0 Å². The lowest BCUT2D eigenvalue weighted by Gasteiger charge is -2.76. The number of ether oxygens (including phenoxy) is 5. The summed E-state index contributed by atoms with van der Waals surface area (Å²) in [4.78, 5) is 59.7. The summed E-state index contributed by atoms with van der Waals surface area (Å²) < 4.78 is 32.3. The van der Waals surface area contributed by atoms with E-state index in [0.717, 1.165) is 64.7 Å². The van der Waals surface area contributed by atoms with E-state index < -0.39 is 29.7 Å². The number of imide groups is 2. The molecule has 3 aromatic heterocycles. The number of pyridine rings is 2.